The summed E-state index contributed by atoms with van der Waals surface area (Å²) in [5, 5.41) is 21.4. The third kappa shape index (κ3) is 4.09. The van der Waals surface area contributed by atoms with Crippen LogP contribution in [-0.4, -0.2) is 29.5 Å². The summed E-state index contributed by atoms with van der Waals surface area (Å²) in [6, 6.07) is 18.3. The summed E-state index contributed by atoms with van der Waals surface area (Å²) in [7, 11) is 0. The Balaban J connectivity index is 2.08. The van der Waals surface area contributed by atoms with Gasteiger partial charge in [-0.15, -0.1) is 0 Å². The topological polar surface area (TPSA) is 52.5 Å². The molecule has 0 unspecified atom stereocenters. The number of hydrogen-bond donors (Lipinski definition) is 3. The Morgan fingerprint density at radius 2 is 1.63 bits per heavy atom. The van der Waals surface area contributed by atoms with Crippen LogP contribution in [0.5, 0.6) is 0 Å². The van der Waals surface area contributed by atoms with Crippen molar-refractivity contribution >= 4 is 5.69 Å². The molecule has 0 bridgehead atoms. The van der Waals surface area contributed by atoms with E-state index in [4.69, 9.17) is 5.11 Å². The van der Waals surface area contributed by atoms with Crippen LogP contribution in [0.3, 0.4) is 0 Å². The van der Waals surface area contributed by atoms with Gasteiger partial charge in [-0.05, 0) is 23.6 Å². The lowest BCUT2D eigenvalue weighted by atomic mass is 10.0. The molecule has 0 heterocycles. The van der Waals surface area contributed by atoms with E-state index >= 15 is 0 Å². The first kappa shape index (κ1) is 13.6. The third-order valence-electron chi connectivity index (χ3n) is 2.99. The van der Waals surface area contributed by atoms with Gasteiger partial charge in [0.15, 0.2) is 0 Å². The van der Waals surface area contributed by atoms with Crippen LogP contribution in [0.25, 0.3) is 0 Å². The number of aliphatic hydroxyl groups excluding tert-OH is 2. The summed E-state index contributed by atoms with van der Waals surface area (Å²) in [4.78, 5) is 0. The molecule has 0 aliphatic rings. The monoisotopic (exact) mass is 257 g/mol. The molecule has 0 saturated heterocycles. The molecule has 1 atom stereocenters. The Morgan fingerprint density at radius 3 is 2.37 bits per heavy atom. The summed E-state index contributed by atoms with van der Waals surface area (Å²) in [5.74, 6) is 0. The standard InChI is InChI=1S/C16H19NO2/c18-12-15(19)11-17-16-9-5-4-8-14(16)10-13-6-2-1-3-7-13/h1-9,15,17-19H,10-12H2/t15-/m0/s1. The normalized spacial score (nSPS) is 12.1. The minimum Gasteiger partial charge on any atom is -0.394 e. The number of benzene rings is 2. The molecule has 3 heteroatoms. The van der Waals surface area contributed by atoms with Gasteiger partial charge in [0.1, 0.15) is 0 Å². The van der Waals surface area contributed by atoms with E-state index < -0.39 is 6.10 Å². The number of para-hydroxylation sites is 1. The van der Waals surface area contributed by atoms with Crippen molar-refractivity contribution in [2.45, 2.75) is 12.5 Å². The van der Waals surface area contributed by atoms with Crippen molar-refractivity contribution in [3.05, 3.63) is 65.7 Å². The minimum atomic E-state index is -0.732. The molecule has 2 aromatic rings. The molecule has 3 N–H and O–H groups in total. The van der Waals surface area contributed by atoms with Crippen LogP contribution in [0.1, 0.15) is 11.1 Å². The number of rotatable bonds is 6. The number of hydrogen-bond acceptors (Lipinski definition) is 3. The van der Waals surface area contributed by atoms with Crippen LogP contribution < -0.4 is 5.32 Å². The van der Waals surface area contributed by atoms with Gasteiger partial charge in [-0.25, -0.2) is 0 Å². The maximum absolute atomic E-state index is 9.39. The van der Waals surface area contributed by atoms with Crippen LogP contribution in [0.15, 0.2) is 54.6 Å². The van der Waals surface area contributed by atoms with E-state index in [9.17, 15) is 5.11 Å². The van der Waals surface area contributed by atoms with Crippen LogP contribution in [0.2, 0.25) is 0 Å². The van der Waals surface area contributed by atoms with Gasteiger partial charge in [0, 0.05) is 12.2 Å². The highest BCUT2D eigenvalue weighted by molar-refractivity contribution is 5.52. The highest BCUT2D eigenvalue weighted by atomic mass is 16.3. The second-order valence-corrected chi connectivity index (χ2v) is 4.54. The van der Waals surface area contributed by atoms with Gasteiger partial charge in [-0.1, -0.05) is 48.5 Å². The molecule has 0 aliphatic heterocycles. The van der Waals surface area contributed by atoms with E-state index in [0.717, 1.165) is 12.1 Å². The van der Waals surface area contributed by atoms with Gasteiger partial charge in [-0.2, -0.15) is 0 Å². The zero-order chi connectivity index (χ0) is 13.5. The molecule has 100 valence electrons. The molecule has 0 saturated carbocycles. The Labute approximate surface area is 113 Å². The van der Waals surface area contributed by atoms with Crippen LogP contribution >= 0.6 is 0 Å². The van der Waals surface area contributed by atoms with Crippen molar-refractivity contribution in [3.63, 3.8) is 0 Å². The van der Waals surface area contributed by atoms with Crippen molar-refractivity contribution < 1.29 is 10.2 Å². The number of anilines is 1. The van der Waals surface area contributed by atoms with E-state index in [-0.39, 0.29) is 6.61 Å². The first-order valence-corrected chi connectivity index (χ1v) is 6.44. The minimum absolute atomic E-state index is 0.228. The van der Waals surface area contributed by atoms with Gasteiger partial charge in [-0.3, -0.25) is 0 Å². The number of aliphatic hydroxyl groups is 2. The van der Waals surface area contributed by atoms with Crippen LogP contribution in [0.4, 0.5) is 5.69 Å². The predicted molar refractivity (Wildman–Crippen MR) is 77.3 cm³/mol. The second kappa shape index (κ2) is 6.92. The molecular formula is C16H19NO2. The van der Waals surface area contributed by atoms with Crippen molar-refractivity contribution in [1.82, 2.24) is 0 Å². The summed E-state index contributed by atoms with van der Waals surface area (Å²) in [6.07, 6.45) is 0.115. The molecule has 0 fully saturated rings. The summed E-state index contributed by atoms with van der Waals surface area (Å²) in [6.45, 7) is 0.121. The van der Waals surface area contributed by atoms with Gasteiger partial charge >= 0.3 is 0 Å². The quantitative estimate of drug-likeness (QED) is 0.742. The van der Waals surface area contributed by atoms with Gasteiger partial charge in [0.2, 0.25) is 0 Å². The average Bonchev–Trinajstić information content (AvgIpc) is 2.47. The van der Waals surface area contributed by atoms with Crippen molar-refractivity contribution in [1.29, 1.82) is 0 Å². The Morgan fingerprint density at radius 1 is 0.947 bits per heavy atom. The van der Waals surface area contributed by atoms with Gasteiger partial charge < -0.3 is 15.5 Å². The van der Waals surface area contributed by atoms with Gasteiger partial charge in [0.25, 0.3) is 0 Å². The lowest BCUT2D eigenvalue weighted by molar-refractivity contribution is 0.105. The molecule has 3 nitrogen and oxygen atoms in total. The molecule has 19 heavy (non-hydrogen) atoms. The predicted octanol–water partition coefficient (Wildman–Crippen LogP) is 2.04. The molecule has 2 aromatic carbocycles. The summed E-state index contributed by atoms with van der Waals surface area (Å²) >= 11 is 0. The fourth-order valence-corrected chi connectivity index (χ4v) is 1.96. The Hall–Kier alpha value is -1.84. The number of nitrogens with one attached hydrogen (secondary N) is 1. The molecule has 0 aromatic heterocycles. The van der Waals surface area contributed by atoms with Crippen LogP contribution in [-0.2, 0) is 6.42 Å². The largest absolute Gasteiger partial charge is 0.394 e. The molecule has 0 spiro atoms. The van der Waals surface area contributed by atoms with Gasteiger partial charge in [0.05, 0.1) is 12.7 Å². The van der Waals surface area contributed by atoms with E-state index in [1.54, 1.807) is 0 Å². The molecular weight excluding hydrogens is 238 g/mol. The highest BCUT2D eigenvalue weighted by Crippen LogP contribution is 2.18. The van der Waals surface area contributed by atoms with Crippen molar-refractivity contribution in [2.75, 3.05) is 18.5 Å². The third-order valence-corrected chi connectivity index (χ3v) is 2.99. The zero-order valence-electron chi connectivity index (χ0n) is 10.8. The Bertz CT molecular complexity index is 499. The molecule has 0 amide bonds. The smallest absolute Gasteiger partial charge is 0.0942 e. The fraction of sp³-hybridized carbons (Fsp3) is 0.250. The van der Waals surface area contributed by atoms with E-state index in [1.165, 1.54) is 11.1 Å². The molecule has 0 radical (unpaired) electrons. The summed E-state index contributed by atoms with van der Waals surface area (Å²) < 4.78 is 0. The Kier molecular flexibility index (Phi) is 4.95. The maximum Gasteiger partial charge on any atom is 0.0942 e. The van der Waals surface area contributed by atoms with E-state index in [1.807, 2.05) is 36.4 Å². The SMILES string of the molecule is OC[C@@H](O)CNc1ccccc1Cc1ccccc1. The fourth-order valence-electron chi connectivity index (χ4n) is 1.96. The lowest BCUT2D eigenvalue weighted by Gasteiger charge is -2.14. The lowest BCUT2D eigenvalue weighted by Crippen LogP contribution is -2.23. The average molecular weight is 257 g/mol. The van der Waals surface area contributed by atoms with Crippen molar-refractivity contribution in [2.24, 2.45) is 0 Å². The molecule has 2 rings (SSSR count). The summed E-state index contributed by atoms with van der Waals surface area (Å²) in [5.41, 5.74) is 3.43. The maximum atomic E-state index is 9.39. The van der Waals surface area contributed by atoms with E-state index in [2.05, 4.69) is 23.5 Å². The first-order valence-electron chi connectivity index (χ1n) is 6.44. The van der Waals surface area contributed by atoms with Crippen LogP contribution in [0, 0.1) is 0 Å². The molecule has 0 aliphatic carbocycles. The second-order valence-electron chi connectivity index (χ2n) is 4.54. The highest BCUT2D eigenvalue weighted by Gasteiger charge is 2.05. The van der Waals surface area contributed by atoms with Crippen molar-refractivity contribution in [3.8, 4) is 0 Å². The first-order chi connectivity index (χ1) is 9.29. The van der Waals surface area contributed by atoms with E-state index in [0.29, 0.717) is 6.54 Å². The zero-order valence-corrected chi connectivity index (χ0v) is 10.8.